The highest BCUT2D eigenvalue weighted by Crippen LogP contribution is 2.19. The van der Waals surface area contributed by atoms with Crippen molar-refractivity contribution in [1.29, 1.82) is 0 Å². The number of rotatable bonds is 3. The van der Waals surface area contributed by atoms with Crippen LogP contribution in [0.3, 0.4) is 0 Å². The zero-order chi connectivity index (χ0) is 14.7. The molecule has 1 aliphatic heterocycles. The van der Waals surface area contributed by atoms with Crippen LogP contribution < -0.4 is 11.1 Å². The highest BCUT2D eigenvalue weighted by atomic mass is 16.3. The van der Waals surface area contributed by atoms with Crippen LogP contribution in [0.1, 0.15) is 25.0 Å². The molecule has 1 aromatic carbocycles. The lowest BCUT2D eigenvalue weighted by Gasteiger charge is -2.17. The summed E-state index contributed by atoms with van der Waals surface area (Å²) in [6.07, 6.45) is 0.0821. The molecule has 6 heteroatoms. The molecule has 1 fully saturated rings. The van der Waals surface area contributed by atoms with Crippen molar-refractivity contribution in [2.45, 2.75) is 19.4 Å². The zero-order valence-corrected chi connectivity index (χ0v) is 11.4. The molecular formula is C14H19N3O3. The first-order valence-electron chi connectivity index (χ1n) is 6.60. The standard InChI is InChI=1S/C14H19N3O3/c1-9(18)10-2-4-12(5-3-10)16-14(20)17-7-6-11(8-17)13(15)19/h2-5,9,11,18H,6-8H2,1H3,(H2,15,19)(H,16,20). The van der Waals surface area contributed by atoms with Gasteiger partial charge >= 0.3 is 6.03 Å². The Balaban J connectivity index is 1.93. The van der Waals surface area contributed by atoms with Crippen molar-refractivity contribution in [1.82, 2.24) is 4.90 Å². The topological polar surface area (TPSA) is 95.7 Å². The van der Waals surface area contributed by atoms with Gasteiger partial charge in [-0.25, -0.2) is 4.79 Å². The average molecular weight is 277 g/mol. The molecular weight excluding hydrogens is 258 g/mol. The summed E-state index contributed by atoms with van der Waals surface area (Å²) < 4.78 is 0. The number of urea groups is 1. The van der Waals surface area contributed by atoms with Crippen LogP contribution >= 0.6 is 0 Å². The summed E-state index contributed by atoms with van der Waals surface area (Å²) in [4.78, 5) is 24.7. The highest BCUT2D eigenvalue weighted by Gasteiger charge is 2.29. The van der Waals surface area contributed by atoms with Crippen LogP contribution in [0.4, 0.5) is 10.5 Å². The summed E-state index contributed by atoms with van der Waals surface area (Å²) in [5.74, 6) is -0.611. The summed E-state index contributed by atoms with van der Waals surface area (Å²) in [6.45, 7) is 2.58. The number of likely N-dealkylation sites (tertiary alicyclic amines) is 1. The SMILES string of the molecule is CC(O)c1ccc(NC(=O)N2CCC(C(N)=O)C2)cc1. The van der Waals surface area contributed by atoms with Gasteiger partial charge < -0.3 is 21.1 Å². The Labute approximate surface area is 117 Å². The monoisotopic (exact) mass is 277 g/mol. The maximum Gasteiger partial charge on any atom is 0.321 e. The molecule has 2 unspecified atom stereocenters. The van der Waals surface area contributed by atoms with Gasteiger partial charge in [-0.15, -0.1) is 0 Å². The molecule has 0 saturated carbocycles. The molecule has 108 valence electrons. The Morgan fingerprint density at radius 1 is 1.40 bits per heavy atom. The van der Waals surface area contributed by atoms with E-state index in [0.29, 0.717) is 25.2 Å². The number of primary amides is 1. The number of carbonyl (C=O) groups is 2. The van der Waals surface area contributed by atoms with E-state index in [1.807, 2.05) is 0 Å². The molecule has 1 heterocycles. The largest absolute Gasteiger partial charge is 0.389 e. The van der Waals surface area contributed by atoms with Crippen molar-refractivity contribution in [3.05, 3.63) is 29.8 Å². The minimum atomic E-state index is -0.533. The molecule has 6 nitrogen and oxygen atoms in total. The molecule has 0 aromatic heterocycles. The molecule has 1 aliphatic rings. The Morgan fingerprint density at radius 3 is 2.55 bits per heavy atom. The van der Waals surface area contributed by atoms with Crippen molar-refractivity contribution in [3.8, 4) is 0 Å². The lowest BCUT2D eigenvalue weighted by Crippen LogP contribution is -2.34. The van der Waals surface area contributed by atoms with Crippen molar-refractivity contribution in [2.75, 3.05) is 18.4 Å². The summed E-state index contributed by atoms with van der Waals surface area (Å²) >= 11 is 0. The predicted molar refractivity (Wildman–Crippen MR) is 75.0 cm³/mol. The Hall–Kier alpha value is -2.08. The molecule has 0 aliphatic carbocycles. The summed E-state index contributed by atoms with van der Waals surface area (Å²) in [5, 5.41) is 12.2. The first kappa shape index (κ1) is 14.3. The number of carbonyl (C=O) groups excluding carboxylic acids is 2. The van der Waals surface area contributed by atoms with E-state index in [0.717, 1.165) is 5.56 Å². The fraction of sp³-hybridized carbons (Fsp3) is 0.429. The predicted octanol–water partition coefficient (Wildman–Crippen LogP) is 1.08. The van der Waals surface area contributed by atoms with E-state index >= 15 is 0 Å². The van der Waals surface area contributed by atoms with Gasteiger partial charge in [-0.3, -0.25) is 4.79 Å². The third kappa shape index (κ3) is 3.27. The minimum Gasteiger partial charge on any atom is -0.389 e. The molecule has 1 aromatic rings. The fourth-order valence-electron chi connectivity index (χ4n) is 2.22. The Bertz CT molecular complexity index is 499. The normalized spacial score (nSPS) is 19.7. The molecule has 0 spiro atoms. The van der Waals surface area contributed by atoms with Crippen LogP contribution in [0.2, 0.25) is 0 Å². The van der Waals surface area contributed by atoms with E-state index in [4.69, 9.17) is 5.73 Å². The second kappa shape index (κ2) is 5.92. The van der Waals surface area contributed by atoms with Crippen LogP contribution in [0.25, 0.3) is 0 Å². The number of nitrogens with zero attached hydrogens (tertiary/aromatic N) is 1. The van der Waals surface area contributed by atoms with Gasteiger partial charge in [0.25, 0.3) is 0 Å². The third-order valence-electron chi connectivity index (χ3n) is 3.52. The Morgan fingerprint density at radius 2 is 2.05 bits per heavy atom. The van der Waals surface area contributed by atoms with Crippen LogP contribution in [0.5, 0.6) is 0 Å². The lowest BCUT2D eigenvalue weighted by atomic mass is 10.1. The number of aliphatic hydroxyl groups excluding tert-OH is 1. The fourth-order valence-corrected chi connectivity index (χ4v) is 2.22. The number of aliphatic hydroxyl groups is 1. The average Bonchev–Trinajstić information content (AvgIpc) is 2.89. The van der Waals surface area contributed by atoms with E-state index in [1.165, 1.54) is 0 Å². The van der Waals surface area contributed by atoms with Crippen molar-refractivity contribution in [2.24, 2.45) is 11.7 Å². The first-order valence-corrected chi connectivity index (χ1v) is 6.60. The van der Waals surface area contributed by atoms with Gasteiger partial charge in [0, 0.05) is 18.8 Å². The second-order valence-corrected chi connectivity index (χ2v) is 5.06. The molecule has 1 saturated heterocycles. The smallest absolute Gasteiger partial charge is 0.321 e. The van der Waals surface area contributed by atoms with E-state index in [2.05, 4.69) is 5.32 Å². The number of hydrogen-bond acceptors (Lipinski definition) is 3. The van der Waals surface area contributed by atoms with Crippen LogP contribution in [-0.4, -0.2) is 35.0 Å². The number of amides is 3. The molecule has 2 atom stereocenters. The quantitative estimate of drug-likeness (QED) is 0.771. The zero-order valence-electron chi connectivity index (χ0n) is 11.4. The molecule has 0 bridgehead atoms. The molecule has 20 heavy (non-hydrogen) atoms. The maximum absolute atomic E-state index is 12.0. The van der Waals surface area contributed by atoms with Crippen molar-refractivity contribution >= 4 is 17.6 Å². The molecule has 3 amide bonds. The van der Waals surface area contributed by atoms with E-state index in [1.54, 1.807) is 36.1 Å². The number of benzene rings is 1. The summed E-state index contributed by atoms with van der Waals surface area (Å²) in [6, 6.07) is 6.76. The van der Waals surface area contributed by atoms with Crippen LogP contribution in [0.15, 0.2) is 24.3 Å². The molecule has 4 N–H and O–H groups in total. The Kier molecular flexibility index (Phi) is 4.24. The highest BCUT2D eigenvalue weighted by molar-refractivity contribution is 5.90. The number of anilines is 1. The van der Waals surface area contributed by atoms with Crippen LogP contribution in [-0.2, 0) is 4.79 Å². The van der Waals surface area contributed by atoms with Crippen LogP contribution in [0, 0.1) is 5.92 Å². The third-order valence-corrected chi connectivity index (χ3v) is 3.52. The number of nitrogens with two attached hydrogens (primary N) is 1. The van der Waals surface area contributed by atoms with Gasteiger partial charge in [0.15, 0.2) is 0 Å². The molecule has 2 rings (SSSR count). The van der Waals surface area contributed by atoms with E-state index in [-0.39, 0.29) is 17.9 Å². The van der Waals surface area contributed by atoms with Crippen molar-refractivity contribution < 1.29 is 14.7 Å². The number of hydrogen-bond donors (Lipinski definition) is 3. The van der Waals surface area contributed by atoms with Gasteiger partial charge in [-0.2, -0.15) is 0 Å². The molecule has 0 radical (unpaired) electrons. The van der Waals surface area contributed by atoms with Gasteiger partial charge in [0.2, 0.25) is 5.91 Å². The van der Waals surface area contributed by atoms with Crippen molar-refractivity contribution in [3.63, 3.8) is 0 Å². The maximum atomic E-state index is 12.0. The van der Waals surface area contributed by atoms with E-state index in [9.17, 15) is 14.7 Å². The number of nitrogens with one attached hydrogen (secondary N) is 1. The van der Waals surface area contributed by atoms with Gasteiger partial charge in [-0.05, 0) is 31.0 Å². The summed E-state index contributed by atoms with van der Waals surface area (Å²) in [5.41, 5.74) is 6.68. The minimum absolute atomic E-state index is 0.237. The van der Waals surface area contributed by atoms with Gasteiger partial charge in [0.1, 0.15) is 0 Å². The summed E-state index contributed by atoms with van der Waals surface area (Å²) in [7, 11) is 0. The van der Waals surface area contributed by atoms with E-state index < -0.39 is 6.10 Å². The first-order chi connectivity index (χ1) is 9.47. The van der Waals surface area contributed by atoms with Gasteiger partial charge in [0.05, 0.1) is 12.0 Å². The second-order valence-electron chi connectivity index (χ2n) is 5.06. The lowest BCUT2D eigenvalue weighted by molar-refractivity contribution is -0.121. The van der Waals surface area contributed by atoms with Gasteiger partial charge in [-0.1, -0.05) is 12.1 Å².